The van der Waals surface area contributed by atoms with Gasteiger partial charge in [-0.2, -0.15) is 13.2 Å². The van der Waals surface area contributed by atoms with E-state index in [0.29, 0.717) is 17.9 Å². The van der Waals surface area contributed by atoms with E-state index in [9.17, 15) is 18.0 Å². The predicted molar refractivity (Wildman–Crippen MR) is 113 cm³/mol. The molecule has 0 aliphatic heterocycles. The van der Waals surface area contributed by atoms with Crippen LogP contribution in [0.25, 0.3) is 22.6 Å². The van der Waals surface area contributed by atoms with Crippen LogP contribution in [0, 0.1) is 0 Å². The van der Waals surface area contributed by atoms with Crippen molar-refractivity contribution in [3.05, 3.63) is 71.9 Å². The number of nitrogens with zero attached hydrogens (tertiary/aromatic N) is 5. The molecule has 10 heteroatoms. The minimum atomic E-state index is -4.61. The molecule has 0 saturated heterocycles. The lowest BCUT2D eigenvalue weighted by molar-refractivity contribution is -0.140. The summed E-state index contributed by atoms with van der Waals surface area (Å²) in [5, 5.41) is 8.81. The van der Waals surface area contributed by atoms with Gasteiger partial charge in [0, 0.05) is 24.5 Å². The Bertz CT molecular complexity index is 1310. The highest BCUT2D eigenvalue weighted by Gasteiger charge is 2.38. The number of hydrogen-bond acceptors (Lipinski definition) is 5. The van der Waals surface area contributed by atoms with Crippen LogP contribution in [0.2, 0.25) is 0 Å². The van der Waals surface area contributed by atoms with Gasteiger partial charge in [0.15, 0.2) is 5.69 Å². The monoisotopic (exact) mass is 452 g/mol. The van der Waals surface area contributed by atoms with Crippen molar-refractivity contribution in [2.45, 2.75) is 37.4 Å². The van der Waals surface area contributed by atoms with Gasteiger partial charge in [-0.15, -0.1) is 5.10 Å². The van der Waals surface area contributed by atoms with E-state index in [1.54, 1.807) is 12.5 Å². The van der Waals surface area contributed by atoms with E-state index in [1.165, 1.54) is 23.9 Å². The average molecular weight is 452 g/mol. The van der Waals surface area contributed by atoms with Crippen LogP contribution in [0.15, 0.2) is 55.1 Å². The van der Waals surface area contributed by atoms with Gasteiger partial charge in [0.25, 0.3) is 0 Å². The van der Waals surface area contributed by atoms with Crippen molar-refractivity contribution < 1.29 is 18.0 Å². The third kappa shape index (κ3) is 3.81. The topological polar surface area (TPSA) is 89.4 Å². The summed E-state index contributed by atoms with van der Waals surface area (Å²) in [4.78, 5) is 20.9. The van der Waals surface area contributed by atoms with Crippen molar-refractivity contribution in [1.82, 2.24) is 29.9 Å². The Morgan fingerprint density at radius 1 is 1.15 bits per heavy atom. The summed E-state index contributed by atoms with van der Waals surface area (Å²) in [5.41, 5.74) is 1.35. The van der Waals surface area contributed by atoms with Crippen molar-refractivity contribution in [3.8, 4) is 22.6 Å². The predicted octanol–water partition coefficient (Wildman–Crippen LogP) is 4.22. The number of rotatable bonds is 5. The van der Waals surface area contributed by atoms with E-state index in [2.05, 4.69) is 26.3 Å². The first-order valence-corrected chi connectivity index (χ1v) is 10.4. The van der Waals surface area contributed by atoms with E-state index < -0.39 is 17.3 Å². The Morgan fingerprint density at radius 3 is 2.82 bits per heavy atom. The number of halogens is 3. The number of carbonyl (C=O) groups excluding carboxylic acids is 1. The molecule has 0 spiro atoms. The third-order valence-corrected chi connectivity index (χ3v) is 6.07. The number of imidazole rings is 1. The van der Waals surface area contributed by atoms with Crippen LogP contribution in [0.3, 0.4) is 0 Å². The molecule has 0 saturated carbocycles. The molecule has 4 aromatic rings. The lowest BCUT2D eigenvalue weighted by atomic mass is 9.71. The number of benzene rings is 1. The molecule has 1 atom stereocenters. The number of nitrogens with one attached hydrogen (secondary N) is 1. The first-order chi connectivity index (χ1) is 15.9. The van der Waals surface area contributed by atoms with Gasteiger partial charge in [-0.3, -0.25) is 10.1 Å². The summed E-state index contributed by atoms with van der Waals surface area (Å²) in [6.45, 7) is 0.418. The van der Waals surface area contributed by atoms with Gasteiger partial charge in [-0.05, 0) is 42.5 Å². The van der Waals surface area contributed by atoms with E-state index in [1.807, 2.05) is 27.9 Å². The van der Waals surface area contributed by atoms with E-state index >= 15 is 0 Å². The molecule has 0 radical (unpaired) electrons. The van der Waals surface area contributed by atoms with Crippen molar-refractivity contribution in [2.24, 2.45) is 0 Å². The number of aromatic nitrogens is 6. The van der Waals surface area contributed by atoms with Crippen molar-refractivity contribution in [3.63, 3.8) is 0 Å². The average Bonchev–Trinajstić information content (AvgIpc) is 3.49. The highest BCUT2D eigenvalue weighted by molar-refractivity contribution is 5.71. The molecule has 7 nitrogen and oxygen atoms in total. The highest BCUT2D eigenvalue weighted by Crippen LogP contribution is 2.38. The first kappa shape index (κ1) is 21.0. The molecule has 1 aliphatic carbocycles. The largest absolute Gasteiger partial charge is 0.435 e. The molecule has 0 amide bonds. The lowest BCUT2D eigenvalue weighted by Gasteiger charge is -2.34. The smallest absolute Gasteiger partial charge is 0.335 e. The summed E-state index contributed by atoms with van der Waals surface area (Å²) in [6, 6.07) is 10.9. The molecule has 1 aliphatic rings. The molecule has 5 rings (SSSR count). The summed E-state index contributed by atoms with van der Waals surface area (Å²) in [6.07, 6.45) is 3.78. The van der Waals surface area contributed by atoms with Crippen LogP contribution in [0.5, 0.6) is 0 Å². The Hall–Kier alpha value is -3.82. The van der Waals surface area contributed by atoms with E-state index in [-0.39, 0.29) is 11.3 Å². The third-order valence-electron chi connectivity index (χ3n) is 6.07. The summed E-state index contributed by atoms with van der Waals surface area (Å²) >= 11 is 0. The van der Waals surface area contributed by atoms with Gasteiger partial charge >= 0.3 is 6.18 Å². The maximum absolute atomic E-state index is 13.2. The van der Waals surface area contributed by atoms with Crippen molar-refractivity contribution in [1.29, 1.82) is 0 Å². The molecule has 1 aromatic carbocycles. The second-order valence-electron chi connectivity index (χ2n) is 8.18. The Labute approximate surface area is 186 Å². The zero-order valence-corrected chi connectivity index (χ0v) is 17.4. The van der Waals surface area contributed by atoms with E-state index in [0.717, 1.165) is 31.1 Å². The maximum Gasteiger partial charge on any atom is 0.435 e. The standard InChI is InChI=1S/C23H19F3N6O/c24-23(25,26)21-20(29-31-30-21)16-7-9-27-18(10-16)19-11-32(14-28-19)12-22(13-33)8-3-5-15-4-1-2-6-17(15)22/h1-2,4,6-7,9-11,13-14H,3,5,8,12H2,(H,29,30,31). The lowest BCUT2D eigenvalue weighted by Crippen LogP contribution is -2.36. The molecular formula is C23H19F3N6O. The zero-order valence-electron chi connectivity index (χ0n) is 17.4. The van der Waals surface area contributed by atoms with Gasteiger partial charge in [-0.1, -0.05) is 29.5 Å². The molecule has 0 fully saturated rings. The first-order valence-electron chi connectivity index (χ1n) is 10.4. The molecule has 1 unspecified atom stereocenters. The van der Waals surface area contributed by atoms with Gasteiger partial charge in [0.2, 0.25) is 0 Å². The normalized spacial score (nSPS) is 18.2. The van der Waals surface area contributed by atoms with Crippen LogP contribution in [-0.4, -0.2) is 36.2 Å². The summed E-state index contributed by atoms with van der Waals surface area (Å²) in [7, 11) is 0. The van der Waals surface area contributed by atoms with Gasteiger partial charge in [0.1, 0.15) is 17.7 Å². The van der Waals surface area contributed by atoms with Crippen LogP contribution in [-0.2, 0) is 29.4 Å². The minimum absolute atomic E-state index is 0.223. The number of pyridine rings is 1. The zero-order chi connectivity index (χ0) is 23.1. The Balaban J connectivity index is 1.45. The fraction of sp³-hybridized carbons (Fsp3) is 0.261. The van der Waals surface area contributed by atoms with E-state index in [4.69, 9.17) is 0 Å². The quantitative estimate of drug-likeness (QED) is 0.458. The molecule has 0 bridgehead atoms. The summed E-state index contributed by atoms with van der Waals surface area (Å²) in [5.74, 6) is 0. The Morgan fingerprint density at radius 2 is 2.00 bits per heavy atom. The molecule has 33 heavy (non-hydrogen) atoms. The fourth-order valence-corrected chi connectivity index (χ4v) is 4.53. The minimum Gasteiger partial charge on any atom is -0.335 e. The number of aldehydes is 1. The molecule has 3 heterocycles. The van der Waals surface area contributed by atoms with Gasteiger partial charge in [0.05, 0.1) is 17.4 Å². The molecule has 1 N–H and O–H groups in total. The number of alkyl halides is 3. The van der Waals surface area contributed by atoms with Crippen LogP contribution >= 0.6 is 0 Å². The number of carbonyl (C=O) groups is 1. The van der Waals surface area contributed by atoms with Crippen molar-refractivity contribution in [2.75, 3.05) is 0 Å². The van der Waals surface area contributed by atoms with Crippen molar-refractivity contribution >= 4 is 6.29 Å². The van der Waals surface area contributed by atoms with Gasteiger partial charge < -0.3 is 9.36 Å². The highest BCUT2D eigenvalue weighted by atomic mass is 19.4. The van der Waals surface area contributed by atoms with Gasteiger partial charge in [-0.25, -0.2) is 4.98 Å². The molecule has 3 aromatic heterocycles. The molecular weight excluding hydrogens is 433 g/mol. The summed E-state index contributed by atoms with van der Waals surface area (Å²) < 4.78 is 41.5. The number of fused-ring (bicyclic) bond motifs is 1. The maximum atomic E-state index is 13.2. The number of aromatic amines is 1. The SMILES string of the molecule is O=CC1(Cn2cnc(-c3cc(-c4nn[nH]c4C(F)(F)F)ccn3)c2)CCCc2ccccc21. The fourth-order valence-electron chi connectivity index (χ4n) is 4.53. The number of aryl methyl sites for hydroxylation is 1. The van der Waals surface area contributed by atoms with Crippen LogP contribution < -0.4 is 0 Å². The Kier molecular flexibility index (Phi) is 5.07. The van der Waals surface area contributed by atoms with Crippen LogP contribution in [0.1, 0.15) is 29.7 Å². The second-order valence-corrected chi connectivity index (χ2v) is 8.18. The second kappa shape index (κ2) is 7.95. The number of hydrogen-bond donors (Lipinski definition) is 1. The van der Waals surface area contributed by atoms with Crippen LogP contribution in [0.4, 0.5) is 13.2 Å². The number of H-pyrrole nitrogens is 1. The molecule has 168 valence electrons.